The van der Waals surface area contributed by atoms with Gasteiger partial charge in [0.25, 0.3) is 5.91 Å². The number of rotatable bonds is 3. The molecule has 0 aromatic heterocycles. The first kappa shape index (κ1) is 14.2. The first-order valence-electron chi connectivity index (χ1n) is 5.22. The second kappa shape index (κ2) is 5.18. The average molecular weight is 269 g/mol. The number of nitrogens with zero attached hydrogens (tertiary/aromatic N) is 1. The van der Waals surface area contributed by atoms with Gasteiger partial charge < -0.3 is 11.5 Å². The third-order valence-corrected chi connectivity index (χ3v) is 3.50. The van der Waals surface area contributed by atoms with Crippen molar-refractivity contribution in [1.29, 1.82) is 0 Å². The number of benzene rings is 1. The van der Waals surface area contributed by atoms with Crippen molar-refractivity contribution in [1.82, 2.24) is 0 Å². The molecule has 1 aromatic rings. The third-order valence-electron chi connectivity index (χ3n) is 2.33. The monoisotopic (exact) mass is 269 g/mol. The first-order valence-corrected chi connectivity index (χ1v) is 7.11. The van der Waals surface area contributed by atoms with Gasteiger partial charge >= 0.3 is 0 Å². The number of aliphatic imine (C=N–C) groups is 1. The number of guanidine groups is 1. The van der Waals surface area contributed by atoms with Crippen LogP contribution in [0.4, 0.5) is 0 Å². The van der Waals surface area contributed by atoms with Crippen LogP contribution in [0.1, 0.15) is 22.8 Å². The minimum absolute atomic E-state index is 0.127. The molecule has 0 aliphatic heterocycles. The molecule has 4 N–H and O–H groups in total. The second-order valence-corrected chi connectivity index (χ2v) is 5.77. The maximum atomic E-state index is 11.6. The summed E-state index contributed by atoms with van der Waals surface area (Å²) in [6.45, 7) is 1.83. The van der Waals surface area contributed by atoms with Gasteiger partial charge in [0.2, 0.25) is 0 Å². The fourth-order valence-corrected chi connectivity index (χ4v) is 2.54. The molecule has 0 unspecified atom stereocenters. The lowest BCUT2D eigenvalue weighted by Crippen LogP contribution is -2.24. The number of carbonyl (C=O) groups excluding carboxylic acids is 1. The first-order chi connectivity index (χ1) is 8.25. The van der Waals surface area contributed by atoms with Crippen LogP contribution >= 0.6 is 0 Å². The molecule has 0 saturated carbocycles. The van der Waals surface area contributed by atoms with Crippen LogP contribution in [0.25, 0.3) is 0 Å². The molecular formula is C11H15N3O3S. The fraction of sp³-hybridized carbons (Fsp3) is 0.273. The molecule has 0 atom stereocenters. The Bertz CT molecular complexity index is 602. The van der Waals surface area contributed by atoms with Gasteiger partial charge in [0.15, 0.2) is 15.8 Å². The number of carbonyl (C=O) groups is 1. The summed E-state index contributed by atoms with van der Waals surface area (Å²) in [6.07, 6.45) is 1.65. The van der Waals surface area contributed by atoms with Crippen LogP contribution in [0.5, 0.6) is 0 Å². The zero-order valence-electron chi connectivity index (χ0n) is 10.2. The van der Waals surface area contributed by atoms with Gasteiger partial charge in [-0.15, -0.1) is 0 Å². The Kier molecular flexibility index (Phi) is 4.07. The van der Waals surface area contributed by atoms with Crippen molar-refractivity contribution in [2.75, 3.05) is 6.26 Å². The van der Waals surface area contributed by atoms with Gasteiger partial charge in [0.1, 0.15) is 0 Å². The summed E-state index contributed by atoms with van der Waals surface area (Å²) >= 11 is 0. The van der Waals surface area contributed by atoms with E-state index in [1.807, 2.05) is 6.92 Å². The fourth-order valence-electron chi connectivity index (χ4n) is 1.51. The molecule has 1 aromatic carbocycles. The molecule has 0 spiro atoms. The minimum atomic E-state index is -3.39. The topological polar surface area (TPSA) is 116 Å². The number of hydrogen-bond donors (Lipinski definition) is 2. The van der Waals surface area contributed by atoms with E-state index in [2.05, 4.69) is 4.99 Å². The molecule has 0 heterocycles. The van der Waals surface area contributed by atoms with Crippen molar-refractivity contribution in [2.24, 2.45) is 16.5 Å². The largest absolute Gasteiger partial charge is 0.370 e. The number of nitrogens with two attached hydrogens (primary N) is 2. The standard InChI is InChI=1S/C11H15N3O3S/c1-3-7-4-5-8(10(15)14-11(12)13)6-9(7)18(2,16)17/h4-6H,3H2,1-2H3,(H4,12,13,14,15). The summed E-state index contributed by atoms with van der Waals surface area (Å²) in [4.78, 5) is 15.1. The van der Waals surface area contributed by atoms with Gasteiger partial charge in [-0.2, -0.15) is 4.99 Å². The highest BCUT2D eigenvalue weighted by molar-refractivity contribution is 7.90. The molecule has 6 nitrogen and oxygen atoms in total. The zero-order chi connectivity index (χ0) is 13.9. The van der Waals surface area contributed by atoms with Gasteiger partial charge in [0, 0.05) is 11.8 Å². The number of sulfone groups is 1. The smallest absolute Gasteiger partial charge is 0.280 e. The van der Waals surface area contributed by atoms with Crippen LogP contribution in [0.15, 0.2) is 28.1 Å². The second-order valence-electron chi connectivity index (χ2n) is 3.79. The maximum Gasteiger partial charge on any atom is 0.280 e. The van der Waals surface area contributed by atoms with Crippen molar-refractivity contribution in [3.8, 4) is 0 Å². The molecular weight excluding hydrogens is 254 g/mol. The number of aryl methyl sites for hydroxylation is 1. The molecule has 0 aliphatic rings. The van der Waals surface area contributed by atoms with Crippen molar-refractivity contribution in [3.63, 3.8) is 0 Å². The highest BCUT2D eigenvalue weighted by atomic mass is 32.2. The Hall–Kier alpha value is -1.89. The van der Waals surface area contributed by atoms with E-state index in [1.165, 1.54) is 12.1 Å². The summed E-state index contributed by atoms with van der Waals surface area (Å²) in [6, 6.07) is 4.39. The van der Waals surface area contributed by atoms with Gasteiger partial charge in [0.05, 0.1) is 4.90 Å². The Morgan fingerprint density at radius 1 is 1.33 bits per heavy atom. The zero-order valence-corrected chi connectivity index (χ0v) is 11.0. The van der Waals surface area contributed by atoms with E-state index in [0.717, 1.165) is 6.26 Å². The molecule has 0 radical (unpaired) electrons. The lowest BCUT2D eigenvalue weighted by Gasteiger charge is -2.07. The van der Waals surface area contributed by atoms with Gasteiger partial charge in [-0.05, 0) is 24.1 Å². The summed E-state index contributed by atoms with van der Waals surface area (Å²) in [5, 5.41) is 0. The maximum absolute atomic E-state index is 11.6. The molecule has 0 aliphatic carbocycles. The van der Waals surface area contributed by atoms with Crippen LogP contribution in [0.2, 0.25) is 0 Å². The Morgan fingerprint density at radius 2 is 1.94 bits per heavy atom. The summed E-state index contributed by atoms with van der Waals surface area (Å²) in [7, 11) is -3.39. The lowest BCUT2D eigenvalue weighted by atomic mass is 10.1. The SMILES string of the molecule is CCc1ccc(C(=O)N=C(N)N)cc1S(C)(=O)=O. The van der Waals surface area contributed by atoms with Crippen LogP contribution in [0, 0.1) is 0 Å². The molecule has 98 valence electrons. The van der Waals surface area contributed by atoms with Gasteiger partial charge in [-0.3, -0.25) is 4.79 Å². The molecule has 0 fully saturated rings. The lowest BCUT2D eigenvalue weighted by molar-refractivity contribution is 0.100. The van der Waals surface area contributed by atoms with E-state index in [9.17, 15) is 13.2 Å². The quantitative estimate of drug-likeness (QED) is 0.595. The van der Waals surface area contributed by atoms with Crippen molar-refractivity contribution in [3.05, 3.63) is 29.3 Å². The Labute approximate surface area is 106 Å². The van der Waals surface area contributed by atoms with Gasteiger partial charge in [-0.1, -0.05) is 13.0 Å². The van der Waals surface area contributed by atoms with Crippen LogP contribution in [0.3, 0.4) is 0 Å². The molecule has 0 bridgehead atoms. The van der Waals surface area contributed by atoms with Crippen molar-refractivity contribution in [2.45, 2.75) is 18.2 Å². The highest BCUT2D eigenvalue weighted by Gasteiger charge is 2.15. The summed E-state index contributed by atoms with van der Waals surface area (Å²) in [5.41, 5.74) is 11.0. The number of amides is 1. The van der Waals surface area contributed by atoms with Crippen LogP contribution in [-0.4, -0.2) is 26.5 Å². The normalized spacial score (nSPS) is 11.0. The predicted molar refractivity (Wildman–Crippen MR) is 69.1 cm³/mol. The Morgan fingerprint density at radius 3 is 2.39 bits per heavy atom. The Balaban J connectivity index is 3.37. The van der Waals surface area contributed by atoms with Crippen LogP contribution < -0.4 is 11.5 Å². The molecule has 1 rings (SSSR count). The highest BCUT2D eigenvalue weighted by Crippen LogP contribution is 2.19. The van der Waals surface area contributed by atoms with E-state index in [4.69, 9.17) is 11.5 Å². The molecule has 18 heavy (non-hydrogen) atoms. The predicted octanol–water partition coefficient (Wildman–Crippen LogP) is 0.0661. The van der Waals surface area contributed by atoms with Crippen molar-refractivity contribution < 1.29 is 13.2 Å². The van der Waals surface area contributed by atoms with Gasteiger partial charge in [-0.25, -0.2) is 8.42 Å². The number of hydrogen-bond acceptors (Lipinski definition) is 3. The summed E-state index contributed by atoms with van der Waals surface area (Å²) < 4.78 is 23.2. The average Bonchev–Trinajstić information content (AvgIpc) is 2.26. The molecule has 0 saturated heterocycles. The third kappa shape index (κ3) is 3.30. The minimum Gasteiger partial charge on any atom is -0.370 e. The van der Waals surface area contributed by atoms with E-state index in [-0.39, 0.29) is 16.4 Å². The molecule has 1 amide bonds. The van der Waals surface area contributed by atoms with E-state index >= 15 is 0 Å². The van der Waals surface area contributed by atoms with E-state index in [0.29, 0.717) is 12.0 Å². The van der Waals surface area contributed by atoms with E-state index < -0.39 is 15.7 Å². The molecule has 7 heteroatoms. The van der Waals surface area contributed by atoms with Crippen LogP contribution in [-0.2, 0) is 16.3 Å². The van der Waals surface area contributed by atoms with E-state index in [1.54, 1.807) is 6.07 Å². The van der Waals surface area contributed by atoms with Crippen molar-refractivity contribution >= 4 is 21.7 Å². The summed E-state index contributed by atoms with van der Waals surface area (Å²) in [5.74, 6) is -1.02.